The molecule has 2 rings (SSSR count). The van der Waals surface area contributed by atoms with Crippen molar-refractivity contribution in [3.8, 4) is 5.75 Å². The lowest BCUT2D eigenvalue weighted by atomic mass is 10.2. The SMILES string of the molecule is COc1ccc(N/C(N)=N/C(N)=NCc2ccccc2)cc1. The van der Waals surface area contributed by atoms with Crippen LogP contribution in [0.2, 0.25) is 0 Å². The highest BCUT2D eigenvalue weighted by molar-refractivity contribution is 6.00. The average molecular weight is 297 g/mol. The number of benzene rings is 2. The highest BCUT2D eigenvalue weighted by Gasteiger charge is 1.98. The van der Waals surface area contributed by atoms with Crippen molar-refractivity contribution in [1.82, 2.24) is 0 Å². The van der Waals surface area contributed by atoms with E-state index in [2.05, 4.69) is 15.3 Å². The van der Waals surface area contributed by atoms with Crippen LogP contribution in [0.1, 0.15) is 5.56 Å². The summed E-state index contributed by atoms with van der Waals surface area (Å²) in [4.78, 5) is 8.18. The molecular formula is C16H19N5O. The number of aliphatic imine (C=N–C) groups is 2. The highest BCUT2D eigenvalue weighted by Crippen LogP contribution is 2.14. The van der Waals surface area contributed by atoms with Gasteiger partial charge in [0.1, 0.15) is 5.75 Å². The number of guanidine groups is 2. The minimum atomic E-state index is 0.127. The molecule has 2 aromatic carbocycles. The van der Waals surface area contributed by atoms with Crippen molar-refractivity contribution in [2.45, 2.75) is 6.54 Å². The summed E-state index contributed by atoms with van der Waals surface area (Å²) in [5.41, 5.74) is 13.4. The van der Waals surface area contributed by atoms with Crippen LogP contribution in [0.25, 0.3) is 0 Å². The van der Waals surface area contributed by atoms with Gasteiger partial charge in [-0.3, -0.25) is 0 Å². The van der Waals surface area contributed by atoms with Crippen LogP contribution in [0.5, 0.6) is 5.75 Å². The summed E-state index contributed by atoms with van der Waals surface area (Å²) >= 11 is 0. The molecule has 0 saturated carbocycles. The lowest BCUT2D eigenvalue weighted by Crippen LogP contribution is -2.26. The summed E-state index contributed by atoms with van der Waals surface area (Å²) in [6, 6.07) is 17.1. The van der Waals surface area contributed by atoms with E-state index < -0.39 is 0 Å². The van der Waals surface area contributed by atoms with Gasteiger partial charge < -0.3 is 21.5 Å². The van der Waals surface area contributed by atoms with Crippen LogP contribution in [-0.2, 0) is 6.54 Å². The van der Waals surface area contributed by atoms with Crippen LogP contribution in [-0.4, -0.2) is 19.0 Å². The van der Waals surface area contributed by atoms with Gasteiger partial charge in [0.05, 0.1) is 13.7 Å². The zero-order valence-electron chi connectivity index (χ0n) is 12.4. The number of ether oxygens (including phenoxy) is 1. The fourth-order valence-corrected chi connectivity index (χ4v) is 1.76. The summed E-state index contributed by atoms with van der Waals surface area (Å²) in [7, 11) is 1.61. The van der Waals surface area contributed by atoms with Crippen molar-refractivity contribution in [3.63, 3.8) is 0 Å². The first-order valence-electron chi connectivity index (χ1n) is 6.76. The van der Waals surface area contributed by atoms with Gasteiger partial charge in [0.15, 0.2) is 0 Å². The Hall–Kier alpha value is -3.02. The predicted octanol–water partition coefficient (Wildman–Crippen LogP) is 1.94. The first kappa shape index (κ1) is 15.4. The van der Waals surface area contributed by atoms with Gasteiger partial charge >= 0.3 is 0 Å². The standard InChI is InChI=1S/C16H19N5O/c1-22-14-9-7-13(8-10-14)20-16(18)21-15(17)19-11-12-5-3-2-4-6-12/h2-10H,11H2,1H3,(H5,17,18,19,20,21). The van der Waals surface area contributed by atoms with E-state index in [9.17, 15) is 0 Å². The number of nitrogens with one attached hydrogen (secondary N) is 1. The third kappa shape index (κ3) is 4.82. The number of nitrogens with zero attached hydrogens (tertiary/aromatic N) is 2. The van der Waals surface area contributed by atoms with Crippen molar-refractivity contribution in [3.05, 3.63) is 60.2 Å². The predicted molar refractivity (Wildman–Crippen MR) is 90.0 cm³/mol. The number of hydrogen-bond acceptors (Lipinski definition) is 2. The van der Waals surface area contributed by atoms with Gasteiger partial charge in [-0.1, -0.05) is 30.3 Å². The number of hydrogen-bond donors (Lipinski definition) is 3. The molecule has 0 unspecified atom stereocenters. The Labute approximate surface area is 129 Å². The zero-order chi connectivity index (χ0) is 15.8. The fourth-order valence-electron chi connectivity index (χ4n) is 1.76. The molecule has 0 aliphatic carbocycles. The lowest BCUT2D eigenvalue weighted by Gasteiger charge is -2.06. The molecule has 0 fully saturated rings. The van der Waals surface area contributed by atoms with Crippen LogP contribution >= 0.6 is 0 Å². The van der Waals surface area contributed by atoms with Crippen molar-refractivity contribution in [2.75, 3.05) is 12.4 Å². The summed E-state index contributed by atoms with van der Waals surface area (Å²) < 4.78 is 5.08. The summed E-state index contributed by atoms with van der Waals surface area (Å²) in [6.45, 7) is 0.464. The second-order valence-electron chi connectivity index (χ2n) is 4.51. The average Bonchev–Trinajstić information content (AvgIpc) is 2.54. The fraction of sp³-hybridized carbons (Fsp3) is 0.125. The van der Waals surface area contributed by atoms with E-state index in [1.54, 1.807) is 7.11 Å². The molecule has 0 spiro atoms. The molecule has 0 bridgehead atoms. The van der Waals surface area contributed by atoms with Gasteiger partial charge in [-0.25, -0.2) is 4.99 Å². The Morgan fingerprint density at radius 3 is 2.36 bits per heavy atom. The molecule has 0 aliphatic heterocycles. The van der Waals surface area contributed by atoms with Gasteiger partial charge in [-0.2, -0.15) is 4.99 Å². The van der Waals surface area contributed by atoms with Gasteiger partial charge in [0.25, 0.3) is 0 Å². The first-order valence-corrected chi connectivity index (χ1v) is 6.76. The molecule has 6 heteroatoms. The Morgan fingerprint density at radius 1 is 1.05 bits per heavy atom. The van der Waals surface area contributed by atoms with E-state index in [0.717, 1.165) is 17.0 Å². The van der Waals surface area contributed by atoms with E-state index in [1.165, 1.54) is 0 Å². The zero-order valence-corrected chi connectivity index (χ0v) is 12.4. The van der Waals surface area contributed by atoms with Crippen molar-refractivity contribution >= 4 is 17.6 Å². The maximum Gasteiger partial charge on any atom is 0.218 e. The maximum absolute atomic E-state index is 5.79. The van der Waals surface area contributed by atoms with Gasteiger partial charge in [0.2, 0.25) is 11.9 Å². The molecule has 2 aromatic rings. The van der Waals surface area contributed by atoms with Crippen molar-refractivity contribution in [2.24, 2.45) is 21.5 Å². The lowest BCUT2D eigenvalue weighted by molar-refractivity contribution is 0.415. The molecule has 114 valence electrons. The minimum Gasteiger partial charge on any atom is -0.497 e. The molecule has 5 N–H and O–H groups in total. The van der Waals surface area contributed by atoms with E-state index >= 15 is 0 Å². The topological polar surface area (TPSA) is 98.0 Å². The summed E-state index contributed by atoms with van der Waals surface area (Å²) in [5, 5.41) is 2.93. The van der Waals surface area contributed by atoms with Gasteiger partial charge in [-0.05, 0) is 29.8 Å². The quantitative estimate of drug-likeness (QED) is 0.593. The maximum atomic E-state index is 5.79. The van der Waals surface area contributed by atoms with Crippen LogP contribution in [0, 0.1) is 0 Å². The van der Waals surface area contributed by atoms with Gasteiger partial charge in [-0.15, -0.1) is 0 Å². The van der Waals surface area contributed by atoms with Crippen LogP contribution < -0.4 is 21.5 Å². The van der Waals surface area contributed by atoms with Crippen molar-refractivity contribution < 1.29 is 4.74 Å². The first-order chi connectivity index (χ1) is 10.7. The minimum absolute atomic E-state index is 0.127. The second-order valence-corrected chi connectivity index (χ2v) is 4.51. The third-order valence-electron chi connectivity index (χ3n) is 2.86. The smallest absolute Gasteiger partial charge is 0.218 e. The highest BCUT2D eigenvalue weighted by atomic mass is 16.5. The number of nitrogens with two attached hydrogens (primary N) is 2. The largest absolute Gasteiger partial charge is 0.497 e. The molecule has 0 saturated heterocycles. The second kappa shape index (κ2) is 7.68. The summed E-state index contributed by atoms with van der Waals surface area (Å²) in [6.07, 6.45) is 0. The Morgan fingerprint density at radius 2 is 1.73 bits per heavy atom. The molecule has 6 nitrogen and oxygen atoms in total. The van der Waals surface area contributed by atoms with Crippen LogP contribution in [0.3, 0.4) is 0 Å². The molecule has 0 aliphatic rings. The number of rotatable bonds is 4. The van der Waals surface area contributed by atoms with Crippen LogP contribution in [0.15, 0.2) is 64.6 Å². The number of methoxy groups -OCH3 is 1. The molecule has 0 amide bonds. The molecule has 0 aromatic heterocycles. The van der Waals surface area contributed by atoms with Crippen LogP contribution in [0.4, 0.5) is 5.69 Å². The van der Waals surface area contributed by atoms with E-state index in [1.807, 2.05) is 54.6 Å². The van der Waals surface area contributed by atoms with E-state index in [4.69, 9.17) is 16.2 Å². The van der Waals surface area contributed by atoms with E-state index in [0.29, 0.717) is 6.54 Å². The Kier molecular flexibility index (Phi) is 5.37. The summed E-state index contributed by atoms with van der Waals surface area (Å²) in [5.74, 6) is 1.08. The molecule has 0 heterocycles. The number of anilines is 1. The monoisotopic (exact) mass is 297 g/mol. The third-order valence-corrected chi connectivity index (χ3v) is 2.86. The van der Waals surface area contributed by atoms with Gasteiger partial charge in [0, 0.05) is 5.69 Å². The van der Waals surface area contributed by atoms with Crippen molar-refractivity contribution in [1.29, 1.82) is 0 Å². The molecule has 0 radical (unpaired) electrons. The molecule has 22 heavy (non-hydrogen) atoms. The Bertz CT molecular complexity index is 650. The molecule has 0 atom stereocenters. The molecular weight excluding hydrogens is 278 g/mol. The Balaban J connectivity index is 1.95. The normalized spacial score (nSPS) is 12.0. The van der Waals surface area contributed by atoms with E-state index in [-0.39, 0.29) is 11.9 Å².